The molecule has 1 heterocycles. The molecule has 1 aromatic heterocycles. The number of rotatable bonds is 1. The van der Waals surface area contributed by atoms with E-state index < -0.39 is 6.17 Å². The maximum absolute atomic E-state index is 13.0. The molecular weight excluding hydrogens is 203 g/mol. The van der Waals surface area contributed by atoms with Gasteiger partial charge in [0.25, 0.3) is 0 Å². The van der Waals surface area contributed by atoms with Crippen LogP contribution in [0.5, 0.6) is 0 Å². The van der Waals surface area contributed by atoms with Crippen molar-refractivity contribution in [2.24, 2.45) is 0 Å². The SMILES string of the molecule is Cc1[nH]nc(C2=CC(F)CC=C2)c1Cl. The van der Waals surface area contributed by atoms with Crippen LogP contribution in [0.2, 0.25) is 5.02 Å². The van der Waals surface area contributed by atoms with E-state index in [1.54, 1.807) is 12.2 Å². The molecule has 0 spiro atoms. The number of aryl methyl sites for hydroxylation is 1. The van der Waals surface area contributed by atoms with Crippen molar-refractivity contribution in [1.29, 1.82) is 0 Å². The minimum Gasteiger partial charge on any atom is -0.281 e. The van der Waals surface area contributed by atoms with Gasteiger partial charge in [-0.25, -0.2) is 4.39 Å². The third-order valence-electron chi connectivity index (χ3n) is 2.17. The Morgan fingerprint density at radius 1 is 1.64 bits per heavy atom. The van der Waals surface area contributed by atoms with Crippen molar-refractivity contribution in [3.8, 4) is 0 Å². The van der Waals surface area contributed by atoms with Crippen molar-refractivity contribution in [1.82, 2.24) is 10.2 Å². The fourth-order valence-electron chi connectivity index (χ4n) is 1.41. The molecule has 1 unspecified atom stereocenters. The van der Waals surface area contributed by atoms with E-state index in [0.29, 0.717) is 17.1 Å². The third kappa shape index (κ3) is 1.60. The van der Waals surface area contributed by atoms with Crippen LogP contribution in [-0.4, -0.2) is 16.4 Å². The first-order chi connectivity index (χ1) is 6.68. The maximum Gasteiger partial charge on any atom is 0.123 e. The molecule has 0 aliphatic heterocycles. The number of aromatic nitrogens is 2. The second kappa shape index (κ2) is 3.58. The zero-order valence-corrected chi connectivity index (χ0v) is 8.48. The van der Waals surface area contributed by atoms with Crippen molar-refractivity contribution in [3.63, 3.8) is 0 Å². The Labute approximate surface area is 86.5 Å². The van der Waals surface area contributed by atoms with Gasteiger partial charge in [-0.05, 0) is 13.0 Å². The highest BCUT2D eigenvalue weighted by Gasteiger charge is 2.15. The van der Waals surface area contributed by atoms with Crippen molar-refractivity contribution in [2.45, 2.75) is 19.5 Å². The lowest BCUT2D eigenvalue weighted by Crippen LogP contribution is -1.99. The normalized spacial score (nSPS) is 21.1. The molecular formula is C10H10ClFN2. The summed E-state index contributed by atoms with van der Waals surface area (Å²) in [5.41, 5.74) is 2.18. The molecule has 2 nitrogen and oxygen atoms in total. The number of aromatic amines is 1. The highest BCUT2D eigenvalue weighted by molar-refractivity contribution is 6.32. The van der Waals surface area contributed by atoms with Gasteiger partial charge in [-0.15, -0.1) is 0 Å². The molecule has 1 aliphatic rings. The Morgan fingerprint density at radius 3 is 3.00 bits per heavy atom. The van der Waals surface area contributed by atoms with Gasteiger partial charge >= 0.3 is 0 Å². The van der Waals surface area contributed by atoms with E-state index in [4.69, 9.17) is 11.6 Å². The van der Waals surface area contributed by atoms with Gasteiger partial charge in [0.15, 0.2) is 0 Å². The monoisotopic (exact) mass is 212 g/mol. The first-order valence-corrected chi connectivity index (χ1v) is 4.79. The first-order valence-electron chi connectivity index (χ1n) is 4.41. The summed E-state index contributed by atoms with van der Waals surface area (Å²) in [5, 5.41) is 7.37. The molecule has 14 heavy (non-hydrogen) atoms. The molecule has 1 aromatic rings. The molecule has 0 saturated heterocycles. The maximum atomic E-state index is 13.0. The summed E-state index contributed by atoms with van der Waals surface area (Å²) in [6.07, 6.45) is 4.69. The summed E-state index contributed by atoms with van der Waals surface area (Å²) in [4.78, 5) is 0. The lowest BCUT2D eigenvalue weighted by atomic mass is 10.0. The summed E-state index contributed by atoms with van der Waals surface area (Å²) in [6, 6.07) is 0. The minimum atomic E-state index is -0.928. The third-order valence-corrected chi connectivity index (χ3v) is 2.63. The van der Waals surface area contributed by atoms with Crippen LogP contribution in [0.25, 0.3) is 5.57 Å². The largest absolute Gasteiger partial charge is 0.281 e. The van der Waals surface area contributed by atoms with E-state index >= 15 is 0 Å². The number of nitrogens with zero attached hydrogens (tertiary/aromatic N) is 1. The van der Waals surface area contributed by atoms with Gasteiger partial charge < -0.3 is 0 Å². The zero-order valence-electron chi connectivity index (χ0n) is 7.72. The molecule has 2 rings (SSSR count). The van der Waals surface area contributed by atoms with E-state index in [1.165, 1.54) is 0 Å². The van der Waals surface area contributed by atoms with E-state index in [2.05, 4.69) is 10.2 Å². The minimum absolute atomic E-state index is 0.435. The number of H-pyrrole nitrogens is 1. The van der Waals surface area contributed by atoms with Crippen LogP contribution >= 0.6 is 11.6 Å². The van der Waals surface area contributed by atoms with E-state index in [-0.39, 0.29) is 0 Å². The number of hydrogen-bond donors (Lipinski definition) is 1. The molecule has 1 aliphatic carbocycles. The second-order valence-corrected chi connectivity index (χ2v) is 3.67. The number of hydrogen-bond acceptors (Lipinski definition) is 1. The molecule has 74 valence electrons. The van der Waals surface area contributed by atoms with Gasteiger partial charge in [0, 0.05) is 12.0 Å². The highest BCUT2D eigenvalue weighted by Crippen LogP contribution is 2.28. The zero-order chi connectivity index (χ0) is 10.1. The Bertz CT molecular complexity index is 406. The van der Waals surface area contributed by atoms with Gasteiger partial charge in [0.05, 0.1) is 10.7 Å². The summed E-state index contributed by atoms with van der Waals surface area (Å²) in [5.74, 6) is 0. The fourth-order valence-corrected chi connectivity index (χ4v) is 1.60. The van der Waals surface area contributed by atoms with Gasteiger partial charge in [-0.1, -0.05) is 23.8 Å². The van der Waals surface area contributed by atoms with Crippen LogP contribution < -0.4 is 0 Å². The molecule has 4 heteroatoms. The quantitative estimate of drug-likeness (QED) is 0.762. The van der Waals surface area contributed by atoms with Crippen molar-refractivity contribution in [2.75, 3.05) is 0 Å². The number of nitrogens with one attached hydrogen (secondary N) is 1. The average Bonchev–Trinajstić information content (AvgIpc) is 2.48. The van der Waals surface area contributed by atoms with Crippen LogP contribution in [0.3, 0.4) is 0 Å². The summed E-state index contributed by atoms with van der Waals surface area (Å²) >= 11 is 6.00. The molecule has 1 atom stereocenters. The molecule has 1 N–H and O–H groups in total. The average molecular weight is 213 g/mol. The van der Waals surface area contributed by atoms with E-state index in [0.717, 1.165) is 11.3 Å². The van der Waals surface area contributed by atoms with Gasteiger partial charge in [-0.3, -0.25) is 5.10 Å². The lowest BCUT2D eigenvalue weighted by molar-refractivity contribution is 0.403. The Balaban J connectivity index is 2.40. The Morgan fingerprint density at radius 2 is 2.43 bits per heavy atom. The van der Waals surface area contributed by atoms with Crippen LogP contribution in [-0.2, 0) is 0 Å². The fraction of sp³-hybridized carbons (Fsp3) is 0.300. The summed E-state index contributed by atoms with van der Waals surface area (Å²) in [7, 11) is 0. The Hall–Kier alpha value is -1.09. The molecule has 0 aromatic carbocycles. The molecule has 0 radical (unpaired) electrons. The van der Waals surface area contributed by atoms with Crippen molar-refractivity contribution in [3.05, 3.63) is 34.6 Å². The van der Waals surface area contributed by atoms with E-state index in [1.807, 2.05) is 13.0 Å². The van der Waals surface area contributed by atoms with Crippen LogP contribution in [0.15, 0.2) is 18.2 Å². The van der Waals surface area contributed by atoms with Crippen LogP contribution in [0.4, 0.5) is 4.39 Å². The van der Waals surface area contributed by atoms with Crippen molar-refractivity contribution >= 4 is 17.2 Å². The Kier molecular flexibility index (Phi) is 2.42. The lowest BCUT2D eigenvalue weighted by Gasteiger charge is -2.07. The smallest absolute Gasteiger partial charge is 0.123 e. The van der Waals surface area contributed by atoms with Gasteiger partial charge in [0.1, 0.15) is 11.9 Å². The van der Waals surface area contributed by atoms with Crippen molar-refractivity contribution < 1.29 is 4.39 Å². The highest BCUT2D eigenvalue weighted by atomic mass is 35.5. The standard InChI is InChI=1S/C10H10ClFN2/c1-6-9(11)10(14-13-6)7-3-2-4-8(12)5-7/h2-3,5,8H,4H2,1H3,(H,13,14). The molecule has 0 fully saturated rings. The predicted octanol–water partition coefficient (Wildman–Crippen LogP) is 3.05. The summed E-state index contributed by atoms with van der Waals surface area (Å²) in [6.45, 7) is 1.83. The van der Waals surface area contributed by atoms with E-state index in [9.17, 15) is 4.39 Å². The first kappa shape index (κ1) is 9.46. The molecule has 0 saturated carbocycles. The number of allylic oxidation sites excluding steroid dienone is 4. The van der Waals surface area contributed by atoms with Crippen LogP contribution in [0.1, 0.15) is 17.8 Å². The predicted molar refractivity (Wildman–Crippen MR) is 55.0 cm³/mol. The molecule has 0 bridgehead atoms. The molecule has 0 amide bonds. The second-order valence-electron chi connectivity index (χ2n) is 3.29. The topological polar surface area (TPSA) is 28.7 Å². The van der Waals surface area contributed by atoms with Gasteiger partial charge in [0.2, 0.25) is 0 Å². The van der Waals surface area contributed by atoms with Gasteiger partial charge in [-0.2, -0.15) is 5.10 Å². The van der Waals surface area contributed by atoms with Crippen LogP contribution in [0, 0.1) is 6.92 Å². The number of halogens is 2. The summed E-state index contributed by atoms with van der Waals surface area (Å²) < 4.78 is 13.0. The number of alkyl halides is 1.